The first-order chi connectivity index (χ1) is 22.3. The molecule has 0 radical (unpaired) electrons. The lowest BCUT2D eigenvalue weighted by molar-refractivity contribution is 0.0134. The number of nitrogens with zero attached hydrogens (tertiary/aromatic N) is 5. The number of amidine groups is 1. The number of hydrogen-bond acceptors (Lipinski definition) is 6. The first-order valence-electron chi connectivity index (χ1n) is 15.6. The highest BCUT2D eigenvalue weighted by molar-refractivity contribution is 7.91. The van der Waals surface area contributed by atoms with E-state index in [-0.39, 0.29) is 58.4 Å². The summed E-state index contributed by atoms with van der Waals surface area (Å²) in [7, 11) is -0.481. The van der Waals surface area contributed by atoms with E-state index in [1.54, 1.807) is 48.8 Å². The van der Waals surface area contributed by atoms with E-state index in [0.717, 1.165) is 11.1 Å². The number of nitrogens with one attached hydrogen (secondary N) is 1. The van der Waals surface area contributed by atoms with Crippen LogP contribution < -0.4 is 4.72 Å². The summed E-state index contributed by atoms with van der Waals surface area (Å²) >= 11 is 13.4. The van der Waals surface area contributed by atoms with E-state index in [9.17, 15) is 17.6 Å². The summed E-state index contributed by atoms with van der Waals surface area (Å²) in [5, 5.41) is -0.0690. The van der Waals surface area contributed by atoms with Crippen molar-refractivity contribution in [1.29, 1.82) is 0 Å². The minimum Gasteiger partial charge on any atom is -0.444 e. The van der Waals surface area contributed by atoms with Gasteiger partial charge in [-0.25, -0.2) is 14.2 Å². The SMILES string of the molecule is CC(C)c1cc(CN(C)C)ccc1NS(=O)(=O)N=C(c1cc(Cl)c(-c2ccccc2F)nc1Cl)N1CCN(C(=O)OC(C)(C)C)C[C@@H]1C. The van der Waals surface area contributed by atoms with E-state index in [0.29, 0.717) is 12.2 Å². The number of rotatable bonds is 8. The van der Waals surface area contributed by atoms with Crippen molar-refractivity contribution in [1.82, 2.24) is 19.7 Å². The third-order valence-electron chi connectivity index (χ3n) is 7.53. The Labute approximate surface area is 293 Å². The molecule has 1 aliphatic rings. The van der Waals surface area contributed by atoms with E-state index in [1.807, 2.05) is 51.9 Å². The Kier molecular flexibility index (Phi) is 11.7. The molecule has 10 nitrogen and oxygen atoms in total. The van der Waals surface area contributed by atoms with Crippen LogP contribution in [0, 0.1) is 5.82 Å². The van der Waals surface area contributed by atoms with Crippen LogP contribution in [0.3, 0.4) is 0 Å². The second-order valence-corrected chi connectivity index (χ2v) is 15.5. The van der Waals surface area contributed by atoms with Crippen LogP contribution in [0.4, 0.5) is 14.9 Å². The smallest absolute Gasteiger partial charge is 0.410 e. The van der Waals surface area contributed by atoms with Crippen molar-refractivity contribution in [3.8, 4) is 11.3 Å². The average molecular weight is 722 g/mol. The van der Waals surface area contributed by atoms with Crippen LogP contribution in [0.15, 0.2) is 52.9 Å². The van der Waals surface area contributed by atoms with Crippen molar-refractivity contribution >= 4 is 51.0 Å². The number of carbonyl (C=O) groups is 1. The van der Waals surface area contributed by atoms with Gasteiger partial charge in [0, 0.05) is 37.8 Å². The number of halogens is 3. The Morgan fingerprint density at radius 1 is 1.15 bits per heavy atom. The quantitative estimate of drug-likeness (QED) is 0.147. The molecule has 2 aromatic carbocycles. The third-order valence-corrected chi connectivity index (χ3v) is 9.00. The van der Waals surface area contributed by atoms with Crippen molar-refractivity contribution in [2.24, 2.45) is 4.40 Å². The monoisotopic (exact) mass is 720 g/mol. The average Bonchev–Trinajstić information content (AvgIpc) is 2.97. The normalized spacial score (nSPS) is 16.1. The van der Waals surface area contributed by atoms with Crippen LogP contribution in [0.25, 0.3) is 11.3 Å². The highest BCUT2D eigenvalue weighted by Crippen LogP contribution is 2.34. The zero-order valence-corrected chi connectivity index (χ0v) is 30.8. The van der Waals surface area contributed by atoms with Gasteiger partial charge >= 0.3 is 16.3 Å². The summed E-state index contributed by atoms with van der Waals surface area (Å²) < 4.78 is 54.9. The molecule has 260 valence electrons. The number of carbonyl (C=O) groups excluding carboxylic acids is 1. The van der Waals surface area contributed by atoms with Gasteiger partial charge in [-0.2, -0.15) is 8.42 Å². The number of hydrogen-bond donors (Lipinski definition) is 1. The third kappa shape index (κ3) is 9.37. The molecule has 0 spiro atoms. The molecule has 2 heterocycles. The van der Waals surface area contributed by atoms with Gasteiger partial charge in [-0.15, -0.1) is 4.40 Å². The second-order valence-electron chi connectivity index (χ2n) is 13.4. The van der Waals surface area contributed by atoms with E-state index < -0.39 is 33.8 Å². The van der Waals surface area contributed by atoms with Crippen LogP contribution >= 0.6 is 23.2 Å². The molecule has 1 fully saturated rings. The summed E-state index contributed by atoms with van der Waals surface area (Å²) in [6.07, 6.45) is -0.474. The minimum atomic E-state index is -4.41. The number of benzene rings is 2. The van der Waals surface area contributed by atoms with Crippen LogP contribution in [-0.4, -0.2) is 85.4 Å². The zero-order chi connectivity index (χ0) is 35.6. The van der Waals surface area contributed by atoms with Gasteiger partial charge in [0.2, 0.25) is 0 Å². The molecular formula is C34H43Cl2FN6O4S. The maximum atomic E-state index is 14.7. The van der Waals surface area contributed by atoms with Crippen LogP contribution in [0.2, 0.25) is 10.2 Å². The standard InChI is InChI=1S/C34H43Cl2FN6O4S/c1-21(2)25-17-23(20-41(7)8)13-14-29(25)39-48(45,46)40-32(43-16-15-42(19-22(43)3)33(44)47-34(4,5)6)26-18-27(35)30(38-31(26)36)24-11-9-10-12-28(24)37/h9-14,17-18,21-22,39H,15-16,19-20H2,1-8H3/t22-/m0/s1. The van der Waals surface area contributed by atoms with E-state index in [4.69, 9.17) is 27.9 Å². The number of pyridine rings is 1. The Morgan fingerprint density at radius 2 is 1.83 bits per heavy atom. The minimum absolute atomic E-state index is 0.0117. The number of piperazine rings is 1. The lowest BCUT2D eigenvalue weighted by atomic mass is 9.99. The van der Waals surface area contributed by atoms with Crippen molar-refractivity contribution < 1.29 is 22.3 Å². The molecule has 1 amide bonds. The predicted octanol–water partition coefficient (Wildman–Crippen LogP) is 7.42. The molecule has 4 rings (SSSR count). The van der Waals surface area contributed by atoms with Gasteiger partial charge in [-0.05, 0) is 83.1 Å². The number of ether oxygens (including phenoxy) is 1. The lowest BCUT2D eigenvalue weighted by Gasteiger charge is -2.41. The summed E-state index contributed by atoms with van der Waals surface area (Å²) in [6, 6.07) is 12.6. The molecule has 0 aliphatic carbocycles. The molecule has 0 bridgehead atoms. The number of aromatic nitrogens is 1. The summed E-state index contributed by atoms with van der Waals surface area (Å²) in [6.45, 7) is 12.5. The second kappa shape index (κ2) is 15.0. The fraction of sp³-hybridized carbons (Fsp3) is 0.441. The molecule has 1 aromatic heterocycles. The molecule has 1 atom stereocenters. The lowest BCUT2D eigenvalue weighted by Crippen LogP contribution is -2.56. The van der Waals surface area contributed by atoms with E-state index in [1.165, 1.54) is 18.2 Å². The predicted molar refractivity (Wildman–Crippen MR) is 191 cm³/mol. The van der Waals surface area contributed by atoms with Gasteiger partial charge in [-0.1, -0.05) is 61.3 Å². The van der Waals surface area contributed by atoms with E-state index in [2.05, 4.69) is 14.1 Å². The molecule has 48 heavy (non-hydrogen) atoms. The summed E-state index contributed by atoms with van der Waals surface area (Å²) in [5.41, 5.74) is 1.94. The fourth-order valence-electron chi connectivity index (χ4n) is 5.41. The summed E-state index contributed by atoms with van der Waals surface area (Å²) in [5.74, 6) is -0.549. The fourth-order valence-corrected chi connectivity index (χ4v) is 6.83. The highest BCUT2D eigenvalue weighted by atomic mass is 35.5. The van der Waals surface area contributed by atoms with Gasteiger partial charge in [0.15, 0.2) is 5.84 Å². The molecule has 14 heteroatoms. The number of anilines is 1. The molecule has 1 N–H and O–H groups in total. The van der Waals surface area contributed by atoms with Gasteiger partial charge in [0.1, 0.15) is 16.6 Å². The molecule has 1 aliphatic heterocycles. The first-order valence-corrected chi connectivity index (χ1v) is 17.8. The molecule has 0 saturated carbocycles. The largest absolute Gasteiger partial charge is 0.444 e. The Hall–Kier alpha value is -3.45. The highest BCUT2D eigenvalue weighted by Gasteiger charge is 2.34. The van der Waals surface area contributed by atoms with Crippen molar-refractivity contribution in [3.63, 3.8) is 0 Å². The van der Waals surface area contributed by atoms with Crippen LogP contribution in [-0.2, 0) is 21.5 Å². The zero-order valence-electron chi connectivity index (χ0n) is 28.5. The van der Waals surface area contributed by atoms with Gasteiger partial charge < -0.3 is 19.4 Å². The molecule has 1 saturated heterocycles. The van der Waals surface area contributed by atoms with Crippen molar-refractivity contribution in [2.45, 2.75) is 65.6 Å². The van der Waals surface area contributed by atoms with Gasteiger partial charge in [-0.3, -0.25) is 4.72 Å². The van der Waals surface area contributed by atoms with Gasteiger partial charge in [0.25, 0.3) is 0 Å². The Balaban J connectivity index is 1.79. The number of amides is 1. The van der Waals surface area contributed by atoms with Crippen LogP contribution in [0.1, 0.15) is 64.2 Å². The van der Waals surface area contributed by atoms with Crippen molar-refractivity contribution in [3.05, 3.63) is 81.2 Å². The topological polar surface area (TPSA) is 107 Å². The summed E-state index contributed by atoms with van der Waals surface area (Å²) in [4.78, 5) is 22.6. The molecule has 0 unspecified atom stereocenters. The maximum Gasteiger partial charge on any atom is 0.410 e. The Bertz CT molecular complexity index is 1800. The first kappa shape index (κ1) is 37.4. The Morgan fingerprint density at radius 3 is 2.44 bits per heavy atom. The maximum absolute atomic E-state index is 14.7. The molecular weight excluding hydrogens is 678 g/mol. The van der Waals surface area contributed by atoms with Crippen LogP contribution in [0.5, 0.6) is 0 Å². The van der Waals surface area contributed by atoms with Gasteiger partial charge in [0.05, 0.1) is 22.0 Å². The molecule has 3 aromatic rings. The van der Waals surface area contributed by atoms with E-state index >= 15 is 0 Å². The van der Waals surface area contributed by atoms with Crippen molar-refractivity contribution in [2.75, 3.05) is 38.5 Å².